The quantitative estimate of drug-likeness (QED) is 0.577. The fourth-order valence-corrected chi connectivity index (χ4v) is 1.78. The number of carbonyl (C=O) groups is 2. The van der Waals surface area contributed by atoms with E-state index in [-0.39, 0.29) is 5.75 Å². The number of primary amides is 1. The third-order valence-electron chi connectivity index (χ3n) is 2.80. The maximum absolute atomic E-state index is 11.9. The lowest BCUT2D eigenvalue weighted by Gasteiger charge is -2.10. The molecule has 3 amide bonds. The first-order valence-corrected chi connectivity index (χ1v) is 6.89. The molecule has 2 aromatic carbocycles. The largest absolute Gasteiger partial charge is 0.493 e. The summed E-state index contributed by atoms with van der Waals surface area (Å²) in [5.74, 6) is 0.576. The summed E-state index contributed by atoms with van der Waals surface area (Å²) in [7, 11) is 1.44. The number of ether oxygens (including phenoxy) is 2. The standard InChI is InChI=1S/C16H16N4O4/c1-23-14-9-11(10-18-20-15(17)21)7-8-13(14)24-16(22)19-12-5-3-2-4-6-12/h2-10H,1H3,(H,19,22)(H3,17,20,21). The number of carbonyl (C=O) groups excluding carboxylic acids is 2. The number of urea groups is 1. The Morgan fingerprint density at radius 3 is 2.54 bits per heavy atom. The van der Waals surface area contributed by atoms with Gasteiger partial charge in [0, 0.05) is 5.69 Å². The molecule has 0 heterocycles. The maximum Gasteiger partial charge on any atom is 0.417 e. The summed E-state index contributed by atoms with van der Waals surface area (Å²) in [6, 6.07) is 12.9. The van der Waals surface area contributed by atoms with Crippen LogP contribution in [0.5, 0.6) is 11.5 Å². The molecular formula is C16H16N4O4. The smallest absolute Gasteiger partial charge is 0.417 e. The predicted octanol–water partition coefficient (Wildman–Crippen LogP) is 2.31. The van der Waals surface area contributed by atoms with E-state index in [4.69, 9.17) is 15.2 Å². The minimum atomic E-state index is -0.768. The highest BCUT2D eigenvalue weighted by Crippen LogP contribution is 2.28. The van der Waals surface area contributed by atoms with Gasteiger partial charge in [0.25, 0.3) is 0 Å². The molecule has 0 saturated carbocycles. The highest BCUT2D eigenvalue weighted by atomic mass is 16.6. The Morgan fingerprint density at radius 2 is 1.88 bits per heavy atom. The molecule has 0 aliphatic rings. The number of hydrogen-bond acceptors (Lipinski definition) is 5. The van der Waals surface area contributed by atoms with Crippen LogP contribution in [-0.2, 0) is 0 Å². The Balaban J connectivity index is 2.05. The van der Waals surface area contributed by atoms with E-state index in [1.807, 2.05) is 6.07 Å². The zero-order valence-corrected chi connectivity index (χ0v) is 12.9. The van der Waals surface area contributed by atoms with Crippen LogP contribution in [-0.4, -0.2) is 25.4 Å². The van der Waals surface area contributed by atoms with Gasteiger partial charge in [0.05, 0.1) is 13.3 Å². The second kappa shape index (κ2) is 8.18. The molecule has 0 unspecified atom stereocenters. The summed E-state index contributed by atoms with van der Waals surface area (Å²) >= 11 is 0. The van der Waals surface area contributed by atoms with Gasteiger partial charge in [0.2, 0.25) is 0 Å². The van der Waals surface area contributed by atoms with Crippen molar-refractivity contribution in [3.63, 3.8) is 0 Å². The normalized spacial score (nSPS) is 10.2. The molecule has 0 spiro atoms. The van der Waals surface area contributed by atoms with Gasteiger partial charge in [0.1, 0.15) is 0 Å². The van der Waals surface area contributed by atoms with E-state index in [1.165, 1.54) is 13.3 Å². The van der Waals surface area contributed by atoms with Crippen LogP contribution in [0.4, 0.5) is 15.3 Å². The van der Waals surface area contributed by atoms with E-state index in [2.05, 4.69) is 15.8 Å². The second-order valence-electron chi connectivity index (χ2n) is 4.53. The predicted molar refractivity (Wildman–Crippen MR) is 89.4 cm³/mol. The van der Waals surface area contributed by atoms with Crippen LogP contribution in [0.25, 0.3) is 0 Å². The number of nitrogens with two attached hydrogens (primary N) is 1. The number of hydrazone groups is 1. The first-order chi connectivity index (χ1) is 11.6. The molecule has 0 aliphatic carbocycles. The van der Waals surface area contributed by atoms with Gasteiger partial charge in [-0.25, -0.2) is 15.0 Å². The van der Waals surface area contributed by atoms with E-state index in [9.17, 15) is 9.59 Å². The third kappa shape index (κ3) is 5.02. The van der Waals surface area contributed by atoms with Crippen molar-refractivity contribution in [1.29, 1.82) is 0 Å². The monoisotopic (exact) mass is 328 g/mol. The van der Waals surface area contributed by atoms with E-state index < -0.39 is 12.1 Å². The van der Waals surface area contributed by atoms with Crippen LogP contribution in [0.3, 0.4) is 0 Å². The first-order valence-electron chi connectivity index (χ1n) is 6.89. The molecule has 8 nitrogen and oxygen atoms in total. The van der Waals surface area contributed by atoms with Crippen LogP contribution < -0.4 is 25.9 Å². The van der Waals surface area contributed by atoms with Crippen LogP contribution in [0.1, 0.15) is 5.56 Å². The molecule has 24 heavy (non-hydrogen) atoms. The molecule has 0 bridgehead atoms. The molecule has 124 valence electrons. The number of methoxy groups -OCH3 is 1. The molecule has 0 aliphatic heterocycles. The minimum Gasteiger partial charge on any atom is -0.493 e. The van der Waals surface area contributed by atoms with Gasteiger partial charge < -0.3 is 15.2 Å². The molecule has 8 heteroatoms. The third-order valence-corrected chi connectivity index (χ3v) is 2.80. The molecule has 4 N–H and O–H groups in total. The van der Waals surface area contributed by atoms with Crippen molar-refractivity contribution >= 4 is 24.0 Å². The first kappa shape index (κ1) is 16.8. The number of rotatable bonds is 5. The van der Waals surface area contributed by atoms with Crippen molar-refractivity contribution < 1.29 is 19.1 Å². The molecule has 0 saturated heterocycles. The average Bonchev–Trinajstić information content (AvgIpc) is 2.56. The lowest BCUT2D eigenvalue weighted by Crippen LogP contribution is -2.24. The Labute approximate surface area is 138 Å². The second-order valence-corrected chi connectivity index (χ2v) is 4.53. The van der Waals surface area contributed by atoms with Crippen molar-refractivity contribution in [2.24, 2.45) is 10.8 Å². The van der Waals surface area contributed by atoms with E-state index >= 15 is 0 Å². The Bertz CT molecular complexity index is 747. The summed E-state index contributed by atoms with van der Waals surface area (Å²) < 4.78 is 10.4. The van der Waals surface area contributed by atoms with Gasteiger partial charge in [0.15, 0.2) is 11.5 Å². The zero-order chi connectivity index (χ0) is 17.4. The summed E-state index contributed by atoms with van der Waals surface area (Å²) in [5.41, 5.74) is 8.22. The van der Waals surface area contributed by atoms with Crippen molar-refractivity contribution in [2.75, 3.05) is 12.4 Å². The van der Waals surface area contributed by atoms with Crippen LogP contribution in [0.15, 0.2) is 53.6 Å². The summed E-state index contributed by atoms with van der Waals surface area (Å²) in [6.45, 7) is 0. The molecule has 0 fully saturated rings. The van der Waals surface area contributed by atoms with E-state index in [0.29, 0.717) is 17.0 Å². The summed E-state index contributed by atoms with van der Waals surface area (Å²) in [4.78, 5) is 22.5. The van der Waals surface area contributed by atoms with Crippen LogP contribution in [0.2, 0.25) is 0 Å². The van der Waals surface area contributed by atoms with Gasteiger partial charge in [-0.15, -0.1) is 0 Å². The lowest BCUT2D eigenvalue weighted by molar-refractivity contribution is 0.213. The zero-order valence-electron chi connectivity index (χ0n) is 12.9. The van der Waals surface area contributed by atoms with E-state index in [1.54, 1.807) is 42.5 Å². The molecule has 2 aromatic rings. The number of anilines is 1. The average molecular weight is 328 g/mol. The van der Waals surface area contributed by atoms with Gasteiger partial charge >= 0.3 is 12.1 Å². The molecule has 0 radical (unpaired) electrons. The van der Waals surface area contributed by atoms with Crippen molar-refractivity contribution in [1.82, 2.24) is 5.43 Å². The highest BCUT2D eigenvalue weighted by molar-refractivity contribution is 5.87. The van der Waals surface area contributed by atoms with Gasteiger partial charge in [-0.3, -0.25) is 5.32 Å². The maximum atomic E-state index is 11.9. The number of nitrogens with one attached hydrogen (secondary N) is 2. The lowest BCUT2D eigenvalue weighted by atomic mass is 10.2. The Morgan fingerprint density at radius 1 is 1.12 bits per heavy atom. The fraction of sp³-hybridized carbons (Fsp3) is 0.0625. The van der Waals surface area contributed by atoms with Crippen LogP contribution in [0, 0.1) is 0 Å². The number of hydrogen-bond donors (Lipinski definition) is 3. The van der Waals surface area contributed by atoms with Crippen LogP contribution >= 0.6 is 0 Å². The minimum absolute atomic E-state index is 0.242. The Hall–Kier alpha value is -3.55. The summed E-state index contributed by atoms with van der Waals surface area (Å²) in [5, 5.41) is 6.24. The molecular weight excluding hydrogens is 312 g/mol. The van der Waals surface area contributed by atoms with E-state index in [0.717, 1.165) is 0 Å². The number of benzene rings is 2. The number of amides is 3. The number of nitrogens with zero attached hydrogens (tertiary/aromatic N) is 1. The molecule has 0 aromatic heterocycles. The molecule has 2 rings (SSSR count). The van der Waals surface area contributed by atoms with Gasteiger partial charge in [-0.1, -0.05) is 18.2 Å². The highest BCUT2D eigenvalue weighted by Gasteiger charge is 2.10. The number of para-hydroxylation sites is 1. The van der Waals surface area contributed by atoms with Crippen molar-refractivity contribution in [3.05, 3.63) is 54.1 Å². The SMILES string of the molecule is COc1cc(C=NNC(N)=O)ccc1OC(=O)Nc1ccccc1. The topological polar surface area (TPSA) is 115 Å². The molecule has 0 atom stereocenters. The van der Waals surface area contributed by atoms with Gasteiger partial charge in [-0.05, 0) is 35.9 Å². The fourth-order valence-electron chi connectivity index (χ4n) is 1.78. The van der Waals surface area contributed by atoms with Gasteiger partial charge in [-0.2, -0.15) is 5.10 Å². The van der Waals surface area contributed by atoms with Crippen molar-refractivity contribution in [3.8, 4) is 11.5 Å². The van der Waals surface area contributed by atoms with Crippen molar-refractivity contribution in [2.45, 2.75) is 0 Å². The Kier molecular flexibility index (Phi) is 5.73. The summed E-state index contributed by atoms with van der Waals surface area (Å²) in [6.07, 6.45) is 0.734.